The van der Waals surface area contributed by atoms with Crippen molar-refractivity contribution in [1.82, 2.24) is 4.90 Å². The van der Waals surface area contributed by atoms with Gasteiger partial charge in [-0.3, -0.25) is 9.30 Å². The van der Waals surface area contributed by atoms with Crippen molar-refractivity contribution in [1.29, 1.82) is 0 Å². The molecule has 0 saturated carbocycles. The number of hydrogen-bond acceptors (Lipinski definition) is 5. The molecule has 0 N–H and O–H groups in total. The van der Waals surface area contributed by atoms with Crippen LogP contribution in [0.1, 0.15) is 18.9 Å². The Labute approximate surface area is 135 Å². The Morgan fingerprint density at radius 3 is 2.68 bits per heavy atom. The molecule has 0 amide bonds. The Balaban J connectivity index is 1.86. The van der Waals surface area contributed by atoms with E-state index in [1.165, 1.54) is 10.6 Å². The van der Waals surface area contributed by atoms with Gasteiger partial charge in [-0.2, -0.15) is 0 Å². The summed E-state index contributed by atoms with van der Waals surface area (Å²) in [7, 11) is -3.23. The maximum Gasteiger partial charge on any atom is 0.232 e. The van der Waals surface area contributed by atoms with Crippen LogP contribution in [0, 0.1) is 0 Å². The van der Waals surface area contributed by atoms with E-state index in [9.17, 15) is 8.42 Å². The fourth-order valence-corrected chi connectivity index (χ4v) is 4.65. The molecular formula is C15H19N3O2S2. The van der Waals surface area contributed by atoms with E-state index in [0.717, 1.165) is 35.9 Å². The lowest BCUT2D eigenvalue weighted by molar-refractivity contribution is 0.542. The highest BCUT2D eigenvalue weighted by atomic mass is 32.2. The first-order valence-corrected chi connectivity index (χ1v) is 10.0. The molecule has 1 aromatic rings. The van der Waals surface area contributed by atoms with Gasteiger partial charge in [-0.05, 0) is 31.0 Å². The van der Waals surface area contributed by atoms with Gasteiger partial charge < -0.3 is 4.90 Å². The SMILES string of the molecule is CCN(c1ccc(C2=CSC3=NCCCN23)cc1)S(C)(=O)=O. The monoisotopic (exact) mass is 337 g/mol. The van der Waals surface area contributed by atoms with Gasteiger partial charge >= 0.3 is 0 Å². The van der Waals surface area contributed by atoms with Gasteiger partial charge in [0.1, 0.15) is 0 Å². The highest BCUT2D eigenvalue weighted by Crippen LogP contribution is 2.35. The van der Waals surface area contributed by atoms with Gasteiger partial charge in [0.2, 0.25) is 10.0 Å². The number of hydrogen-bond donors (Lipinski definition) is 0. The third-order valence-corrected chi connectivity index (χ3v) is 5.89. The molecule has 2 aliphatic rings. The van der Waals surface area contributed by atoms with Gasteiger partial charge in [0.05, 0.1) is 17.6 Å². The average molecular weight is 337 g/mol. The standard InChI is InChI=1S/C15H19N3O2S2/c1-3-18(22(2,19)20)13-7-5-12(6-8-13)14-11-21-15-16-9-4-10-17(14)15/h5-8,11H,3-4,9-10H2,1-2H3. The van der Waals surface area contributed by atoms with Gasteiger partial charge in [0.25, 0.3) is 0 Å². The second-order valence-electron chi connectivity index (χ2n) is 5.27. The zero-order chi connectivity index (χ0) is 15.7. The topological polar surface area (TPSA) is 53.0 Å². The molecule has 0 saturated heterocycles. The minimum Gasteiger partial charge on any atom is -0.320 e. The lowest BCUT2D eigenvalue weighted by Gasteiger charge is -2.26. The number of fused-ring (bicyclic) bond motifs is 1. The number of anilines is 1. The van der Waals surface area contributed by atoms with Crippen molar-refractivity contribution in [2.45, 2.75) is 13.3 Å². The van der Waals surface area contributed by atoms with Crippen molar-refractivity contribution in [3.8, 4) is 0 Å². The van der Waals surface area contributed by atoms with Gasteiger partial charge in [0, 0.05) is 25.0 Å². The molecule has 22 heavy (non-hydrogen) atoms. The first kappa shape index (κ1) is 15.4. The predicted molar refractivity (Wildman–Crippen MR) is 93.5 cm³/mol. The first-order chi connectivity index (χ1) is 10.5. The van der Waals surface area contributed by atoms with Gasteiger partial charge in [0.15, 0.2) is 5.17 Å². The second-order valence-corrected chi connectivity index (χ2v) is 8.01. The van der Waals surface area contributed by atoms with Crippen LogP contribution in [0.15, 0.2) is 34.7 Å². The van der Waals surface area contributed by atoms with E-state index in [-0.39, 0.29) is 0 Å². The Morgan fingerprint density at radius 1 is 1.32 bits per heavy atom. The smallest absolute Gasteiger partial charge is 0.232 e. The van der Waals surface area contributed by atoms with Crippen LogP contribution in [0.2, 0.25) is 0 Å². The summed E-state index contributed by atoms with van der Waals surface area (Å²) in [6.07, 6.45) is 2.30. The molecule has 0 bridgehead atoms. The van der Waals surface area contributed by atoms with E-state index >= 15 is 0 Å². The van der Waals surface area contributed by atoms with Crippen LogP contribution in [-0.4, -0.2) is 44.4 Å². The fraction of sp³-hybridized carbons (Fsp3) is 0.400. The van der Waals surface area contributed by atoms with E-state index in [4.69, 9.17) is 0 Å². The van der Waals surface area contributed by atoms with Crippen molar-refractivity contribution < 1.29 is 8.42 Å². The largest absolute Gasteiger partial charge is 0.320 e. The predicted octanol–water partition coefficient (Wildman–Crippen LogP) is 2.58. The van der Waals surface area contributed by atoms with E-state index in [2.05, 4.69) is 15.3 Å². The molecule has 2 aliphatic heterocycles. The van der Waals surface area contributed by atoms with Crippen molar-refractivity contribution in [3.63, 3.8) is 0 Å². The molecule has 118 valence electrons. The number of amidine groups is 1. The van der Waals surface area contributed by atoms with Gasteiger partial charge in [-0.1, -0.05) is 23.9 Å². The van der Waals surface area contributed by atoms with Crippen LogP contribution >= 0.6 is 11.8 Å². The summed E-state index contributed by atoms with van der Waals surface area (Å²) in [6, 6.07) is 7.69. The molecule has 0 radical (unpaired) electrons. The van der Waals surface area contributed by atoms with Crippen LogP contribution in [-0.2, 0) is 10.0 Å². The lowest BCUT2D eigenvalue weighted by Crippen LogP contribution is -2.30. The zero-order valence-electron chi connectivity index (χ0n) is 12.7. The highest BCUT2D eigenvalue weighted by molar-refractivity contribution is 8.16. The highest BCUT2D eigenvalue weighted by Gasteiger charge is 2.26. The molecule has 3 rings (SSSR count). The summed E-state index contributed by atoms with van der Waals surface area (Å²) in [5.41, 5.74) is 2.94. The molecule has 0 aromatic heterocycles. The number of nitrogens with zero attached hydrogens (tertiary/aromatic N) is 3. The van der Waals surface area contributed by atoms with E-state index in [0.29, 0.717) is 12.2 Å². The molecule has 7 heteroatoms. The second kappa shape index (κ2) is 5.96. The third-order valence-electron chi connectivity index (χ3n) is 3.72. The number of sulfonamides is 1. The summed E-state index contributed by atoms with van der Waals surface area (Å²) >= 11 is 1.66. The third kappa shape index (κ3) is 2.87. The molecule has 1 aromatic carbocycles. The zero-order valence-corrected chi connectivity index (χ0v) is 14.3. The molecule has 0 unspecified atom stereocenters. The van der Waals surface area contributed by atoms with Crippen molar-refractivity contribution in [3.05, 3.63) is 35.2 Å². The molecule has 2 heterocycles. The molecule has 0 fully saturated rings. The molecule has 5 nitrogen and oxygen atoms in total. The van der Waals surface area contributed by atoms with Crippen molar-refractivity contribution >= 4 is 38.3 Å². The van der Waals surface area contributed by atoms with Crippen LogP contribution in [0.4, 0.5) is 5.69 Å². The van der Waals surface area contributed by atoms with Crippen LogP contribution in [0.25, 0.3) is 5.70 Å². The maximum atomic E-state index is 11.8. The Kier molecular flexibility index (Phi) is 4.18. The summed E-state index contributed by atoms with van der Waals surface area (Å²) in [5, 5.41) is 3.18. The lowest BCUT2D eigenvalue weighted by atomic mass is 10.1. The van der Waals surface area contributed by atoms with E-state index in [1.807, 2.05) is 31.2 Å². The molecule has 0 atom stereocenters. The summed E-state index contributed by atoms with van der Waals surface area (Å²) < 4.78 is 25.0. The number of thioether (sulfide) groups is 1. The molecule has 0 spiro atoms. The fourth-order valence-electron chi connectivity index (χ4n) is 2.71. The molecular weight excluding hydrogens is 318 g/mol. The number of benzene rings is 1. The Bertz CT molecular complexity index is 724. The minimum atomic E-state index is -3.23. The average Bonchev–Trinajstić information content (AvgIpc) is 2.91. The Morgan fingerprint density at radius 2 is 2.05 bits per heavy atom. The Hall–Kier alpha value is -1.47. The van der Waals surface area contributed by atoms with Crippen LogP contribution in [0.5, 0.6) is 0 Å². The normalized spacial score (nSPS) is 17.8. The van der Waals surface area contributed by atoms with Gasteiger partial charge in [-0.15, -0.1) is 0 Å². The number of rotatable bonds is 4. The quantitative estimate of drug-likeness (QED) is 0.847. The number of aliphatic imine (C=N–C) groups is 1. The van der Waals surface area contributed by atoms with E-state index < -0.39 is 10.0 Å². The first-order valence-electron chi connectivity index (χ1n) is 7.27. The van der Waals surface area contributed by atoms with Crippen LogP contribution in [0.3, 0.4) is 0 Å². The van der Waals surface area contributed by atoms with E-state index in [1.54, 1.807) is 11.8 Å². The van der Waals surface area contributed by atoms with Crippen molar-refractivity contribution in [2.75, 3.05) is 30.2 Å². The minimum absolute atomic E-state index is 0.430. The summed E-state index contributed by atoms with van der Waals surface area (Å²) in [6.45, 7) is 4.16. The maximum absolute atomic E-state index is 11.8. The van der Waals surface area contributed by atoms with Gasteiger partial charge in [-0.25, -0.2) is 8.42 Å². The van der Waals surface area contributed by atoms with Crippen LogP contribution < -0.4 is 4.31 Å². The summed E-state index contributed by atoms with van der Waals surface area (Å²) in [4.78, 5) is 6.76. The molecule has 0 aliphatic carbocycles. The van der Waals surface area contributed by atoms with Crippen molar-refractivity contribution in [2.24, 2.45) is 4.99 Å². The summed E-state index contributed by atoms with van der Waals surface area (Å²) in [5.74, 6) is 0.